The molecule has 0 aliphatic heterocycles. The number of thiazole rings is 1. The molecular weight excluding hydrogens is 346 g/mol. The summed E-state index contributed by atoms with van der Waals surface area (Å²) in [5.74, 6) is -0.218. The van der Waals surface area contributed by atoms with Crippen molar-refractivity contribution in [3.05, 3.63) is 77.3 Å². The number of hydrogen-bond acceptors (Lipinski definition) is 4. The van der Waals surface area contributed by atoms with Crippen LogP contribution >= 0.6 is 11.3 Å². The van der Waals surface area contributed by atoms with E-state index in [1.54, 1.807) is 35.8 Å². The smallest absolute Gasteiger partial charge is 0.257 e. The Hall–Kier alpha value is -2.99. The van der Waals surface area contributed by atoms with Gasteiger partial charge in [0.2, 0.25) is 5.91 Å². The number of benzene rings is 2. The molecule has 26 heavy (non-hydrogen) atoms. The van der Waals surface area contributed by atoms with E-state index in [2.05, 4.69) is 15.6 Å². The van der Waals surface area contributed by atoms with Crippen molar-refractivity contribution in [1.29, 1.82) is 0 Å². The van der Waals surface area contributed by atoms with Gasteiger partial charge < -0.3 is 5.32 Å². The summed E-state index contributed by atoms with van der Waals surface area (Å²) >= 11 is 1.37. The molecule has 2 amide bonds. The van der Waals surface area contributed by atoms with E-state index >= 15 is 0 Å². The molecule has 0 radical (unpaired) electrons. The Morgan fingerprint density at radius 2 is 1.69 bits per heavy atom. The number of carbonyl (C=O) groups is 2. The molecule has 1 aromatic heterocycles. The minimum atomic E-state index is -0.415. The first-order valence-corrected chi connectivity index (χ1v) is 9.23. The maximum absolute atomic E-state index is 12.7. The number of carbonyl (C=O) groups excluding carboxylic acids is 2. The zero-order chi connectivity index (χ0) is 18.0. The SMILES string of the molecule is O=C(Nc1nccs1)c1ccc(NC(=O)C2(c3ccccc3)CC2)cc1. The second-order valence-corrected chi connectivity index (χ2v) is 7.17. The van der Waals surface area contributed by atoms with Crippen molar-refractivity contribution in [2.24, 2.45) is 0 Å². The van der Waals surface area contributed by atoms with Crippen LogP contribution in [0.3, 0.4) is 0 Å². The van der Waals surface area contributed by atoms with Crippen LogP contribution in [0.2, 0.25) is 0 Å². The second kappa shape index (κ2) is 6.72. The predicted octanol–water partition coefficient (Wildman–Crippen LogP) is 4.07. The van der Waals surface area contributed by atoms with E-state index < -0.39 is 5.41 Å². The third-order valence-corrected chi connectivity index (χ3v) is 5.26. The van der Waals surface area contributed by atoms with Gasteiger partial charge in [-0.2, -0.15) is 0 Å². The molecule has 4 rings (SSSR count). The molecule has 0 saturated heterocycles. The van der Waals surface area contributed by atoms with Crippen molar-refractivity contribution in [3.63, 3.8) is 0 Å². The Morgan fingerprint density at radius 1 is 0.962 bits per heavy atom. The Morgan fingerprint density at radius 3 is 2.31 bits per heavy atom. The fraction of sp³-hybridized carbons (Fsp3) is 0.150. The summed E-state index contributed by atoms with van der Waals surface area (Å²) in [4.78, 5) is 28.9. The molecule has 1 saturated carbocycles. The average Bonchev–Trinajstić information content (AvgIpc) is 3.34. The standard InChI is InChI=1S/C20H17N3O2S/c24-17(23-19-21-12-13-26-19)14-6-8-16(9-7-14)22-18(25)20(10-11-20)15-4-2-1-3-5-15/h1-9,12-13H,10-11H2,(H,22,25)(H,21,23,24). The lowest BCUT2D eigenvalue weighted by Gasteiger charge is -2.16. The molecule has 2 aromatic carbocycles. The molecule has 3 aromatic rings. The molecule has 5 nitrogen and oxygen atoms in total. The number of aromatic nitrogens is 1. The van der Waals surface area contributed by atoms with Crippen molar-refractivity contribution < 1.29 is 9.59 Å². The first kappa shape index (κ1) is 16.5. The van der Waals surface area contributed by atoms with E-state index in [1.165, 1.54) is 11.3 Å². The molecule has 130 valence electrons. The van der Waals surface area contributed by atoms with Gasteiger partial charge in [-0.15, -0.1) is 11.3 Å². The molecule has 1 fully saturated rings. The molecule has 0 atom stereocenters. The van der Waals surface area contributed by atoms with E-state index in [0.29, 0.717) is 16.4 Å². The van der Waals surface area contributed by atoms with Gasteiger partial charge in [0.05, 0.1) is 5.41 Å². The Kier molecular flexibility index (Phi) is 4.26. The maximum Gasteiger partial charge on any atom is 0.257 e. The maximum atomic E-state index is 12.7. The number of hydrogen-bond donors (Lipinski definition) is 2. The zero-order valence-corrected chi connectivity index (χ0v) is 14.8. The van der Waals surface area contributed by atoms with Crippen LogP contribution in [-0.2, 0) is 10.2 Å². The quantitative estimate of drug-likeness (QED) is 0.718. The summed E-state index contributed by atoms with van der Waals surface area (Å²) in [6, 6.07) is 16.7. The number of nitrogens with one attached hydrogen (secondary N) is 2. The Balaban J connectivity index is 1.43. The third-order valence-electron chi connectivity index (χ3n) is 4.57. The molecule has 1 aliphatic rings. The highest BCUT2D eigenvalue weighted by Crippen LogP contribution is 2.48. The second-order valence-electron chi connectivity index (χ2n) is 6.27. The summed E-state index contributed by atoms with van der Waals surface area (Å²) in [7, 11) is 0. The lowest BCUT2D eigenvalue weighted by molar-refractivity contribution is -0.118. The predicted molar refractivity (Wildman–Crippen MR) is 102 cm³/mol. The molecular formula is C20H17N3O2S. The molecule has 2 N–H and O–H groups in total. The van der Waals surface area contributed by atoms with Crippen molar-refractivity contribution >= 4 is 34.0 Å². The van der Waals surface area contributed by atoms with Crippen molar-refractivity contribution in [3.8, 4) is 0 Å². The lowest BCUT2D eigenvalue weighted by atomic mass is 9.95. The number of amides is 2. The number of anilines is 2. The number of rotatable bonds is 5. The van der Waals surface area contributed by atoms with Crippen LogP contribution in [0.5, 0.6) is 0 Å². The van der Waals surface area contributed by atoms with Gasteiger partial charge in [-0.1, -0.05) is 30.3 Å². The van der Waals surface area contributed by atoms with Crippen molar-refractivity contribution in [2.75, 3.05) is 10.6 Å². The first-order valence-electron chi connectivity index (χ1n) is 8.35. The highest BCUT2D eigenvalue weighted by molar-refractivity contribution is 7.13. The van der Waals surface area contributed by atoms with Gasteiger partial charge in [0, 0.05) is 22.8 Å². The van der Waals surface area contributed by atoms with Gasteiger partial charge in [0.25, 0.3) is 5.91 Å². The minimum Gasteiger partial charge on any atom is -0.325 e. The van der Waals surface area contributed by atoms with Gasteiger partial charge in [0.1, 0.15) is 0 Å². The van der Waals surface area contributed by atoms with Gasteiger partial charge in [-0.3, -0.25) is 14.9 Å². The van der Waals surface area contributed by atoms with Gasteiger partial charge in [-0.05, 0) is 42.7 Å². The topological polar surface area (TPSA) is 71.1 Å². The van der Waals surface area contributed by atoms with E-state index in [1.807, 2.05) is 30.3 Å². The first-order chi connectivity index (χ1) is 12.7. The van der Waals surface area contributed by atoms with Crippen LogP contribution in [0, 0.1) is 0 Å². The summed E-state index contributed by atoms with van der Waals surface area (Å²) < 4.78 is 0. The zero-order valence-electron chi connectivity index (χ0n) is 13.9. The van der Waals surface area contributed by atoms with Crippen LogP contribution in [0.25, 0.3) is 0 Å². The van der Waals surface area contributed by atoms with Gasteiger partial charge in [-0.25, -0.2) is 4.98 Å². The highest BCUT2D eigenvalue weighted by Gasteiger charge is 2.51. The van der Waals surface area contributed by atoms with Gasteiger partial charge >= 0.3 is 0 Å². The van der Waals surface area contributed by atoms with E-state index in [9.17, 15) is 9.59 Å². The number of nitrogens with zero attached hydrogens (tertiary/aromatic N) is 1. The summed E-state index contributed by atoms with van der Waals surface area (Å²) in [6.45, 7) is 0. The lowest BCUT2D eigenvalue weighted by Crippen LogP contribution is -2.27. The normalized spacial score (nSPS) is 14.5. The van der Waals surface area contributed by atoms with Gasteiger partial charge in [0.15, 0.2) is 5.13 Å². The highest BCUT2D eigenvalue weighted by atomic mass is 32.1. The molecule has 1 heterocycles. The summed E-state index contributed by atoms with van der Waals surface area (Å²) in [5.41, 5.74) is 1.84. The molecule has 6 heteroatoms. The van der Waals surface area contributed by atoms with E-state index in [0.717, 1.165) is 18.4 Å². The fourth-order valence-electron chi connectivity index (χ4n) is 2.94. The van der Waals surface area contributed by atoms with Crippen LogP contribution in [-0.4, -0.2) is 16.8 Å². The Bertz CT molecular complexity index is 917. The minimum absolute atomic E-state index is 0.00341. The van der Waals surface area contributed by atoms with Crippen LogP contribution < -0.4 is 10.6 Å². The molecule has 0 unspecified atom stereocenters. The fourth-order valence-corrected chi connectivity index (χ4v) is 3.46. The van der Waals surface area contributed by atoms with Crippen LogP contribution in [0.4, 0.5) is 10.8 Å². The van der Waals surface area contributed by atoms with E-state index in [-0.39, 0.29) is 11.8 Å². The Labute approximate surface area is 155 Å². The van der Waals surface area contributed by atoms with Crippen molar-refractivity contribution in [1.82, 2.24) is 4.98 Å². The monoisotopic (exact) mass is 363 g/mol. The molecule has 0 spiro atoms. The van der Waals surface area contributed by atoms with E-state index in [4.69, 9.17) is 0 Å². The van der Waals surface area contributed by atoms with Crippen LogP contribution in [0.15, 0.2) is 66.2 Å². The average molecular weight is 363 g/mol. The third kappa shape index (κ3) is 3.23. The largest absolute Gasteiger partial charge is 0.325 e. The molecule has 1 aliphatic carbocycles. The summed E-state index contributed by atoms with van der Waals surface area (Å²) in [5, 5.41) is 8.07. The molecule has 0 bridgehead atoms. The summed E-state index contributed by atoms with van der Waals surface area (Å²) in [6.07, 6.45) is 3.35. The van der Waals surface area contributed by atoms with Crippen molar-refractivity contribution in [2.45, 2.75) is 18.3 Å². The van der Waals surface area contributed by atoms with Crippen LogP contribution in [0.1, 0.15) is 28.8 Å².